The van der Waals surface area contributed by atoms with Gasteiger partial charge in [-0.2, -0.15) is 4.31 Å². The maximum atomic E-state index is 13.0. The molecule has 1 amide bonds. The van der Waals surface area contributed by atoms with Crippen LogP contribution >= 0.6 is 11.6 Å². The molecule has 0 atom stereocenters. The van der Waals surface area contributed by atoms with E-state index < -0.39 is 26.0 Å². The number of carbonyl (C=O) groups is 1. The summed E-state index contributed by atoms with van der Waals surface area (Å²) in [5.41, 5.74) is 0.781. The fourth-order valence-electron chi connectivity index (χ4n) is 4.35. The lowest BCUT2D eigenvalue weighted by atomic mass is 10.1. The summed E-state index contributed by atoms with van der Waals surface area (Å²) < 4.78 is 55.8. The molecule has 1 heterocycles. The maximum absolute atomic E-state index is 13.0. The average Bonchev–Trinajstić information content (AvgIpc) is 3.45. The summed E-state index contributed by atoms with van der Waals surface area (Å²) in [5.74, 6) is -0.613. The monoisotopic (exact) mass is 569 g/mol. The predicted octanol–water partition coefficient (Wildman–Crippen LogP) is 5.33. The molecule has 0 unspecified atom stereocenters. The van der Waals surface area contributed by atoms with Crippen LogP contribution in [0.15, 0.2) is 94.7 Å². The number of anilines is 2. The highest BCUT2D eigenvalue weighted by atomic mass is 35.5. The summed E-state index contributed by atoms with van der Waals surface area (Å²) in [6.07, 6.45) is 1.59. The van der Waals surface area contributed by atoms with Gasteiger partial charge in [0.2, 0.25) is 10.0 Å². The highest BCUT2D eigenvalue weighted by Crippen LogP contribution is 2.28. The third-order valence-electron chi connectivity index (χ3n) is 6.34. The van der Waals surface area contributed by atoms with Crippen LogP contribution < -0.4 is 10.0 Å². The number of halogens is 1. The van der Waals surface area contributed by atoms with Crippen molar-refractivity contribution in [2.24, 2.45) is 0 Å². The van der Waals surface area contributed by atoms with Gasteiger partial charge in [0, 0.05) is 24.2 Å². The van der Waals surface area contributed by atoms with E-state index in [1.165, 1.54) is 46.8 Å². The minimum Gasteiger partial charge on any atom is -0.322 e. The molecule has 1 saturated heterocycles. The molecule has 4 aromatic carbocycles. The number of benzene rings is 4. The number of amides is 1. The zero-order valence-corrected chi connectivity index (χ0v) is 22.5. The van der Waals surface area contributed by atoms with Crippen LogP contribution in [0.25, 0.3) is 10.8 Å². The third kappa shape index (κ3) is 5.25. The Morgan fingerprint density at radius 2 is 1.45 bits per heavy atom. The fourth-order valence-corrected chi connectivity index (χ4v) is 7.18. The average molecular weight is 570 g/mol. The Balaban J connectivity index is 1.33. The van der Waals surface area contributed by atoms with Gasteiger partial charge >= 0.3 is 0 Å². The minimum absolute atomic E-state index is 0.00117. The molecule has 0 spiro atoms. The number of rotatable bonds is 7. The fraction of sp³-hybridized carbons (Fsp3) is 0.148. The van der Waals surface area contributed by atoms with E-state index in [1.54, 1.807) is 12.1 Å². The quantitative estimate of drug-likeness (QED) is 0.312. The molecule has 4 aromatic rings. The van der Waals surface area contributed by atoms with Crippen LogP contribution in [-0.4, -0.2) is 40.1 Å². The van der Waals surface area contributed by atoms with Crippen LogP contribution in [0.1, 0.15) is 23.2 Å². The topological polar surface area (TPSA) is 113 Å². The van der Waals surface area contributed by atoms with Crippen molar-refractivity contribution in [3.05, 3.63) is 95.5 Å². The standard InChI is InChI=1S/C27H24ClN3O5S2/c28-25-15-14-22(38(35,36)31-16-3-4-17-31)18-24(25)27(32)29-20-10-12-21(13-11-20)37(33,34)30-26-9-5-7-19-6-1-2-8-23(19)26/h1-2,5-15,18,30H,3-4,16-17H2,(H,29,32). The summed E-state index contributed by atoms with van der Waals surface area (Å²) in [5, 5.41) is 4.43. The first-order valence-corrected chi connectivity index (χ1v) is 15.2. The summed E-state index contributed by atoms with van der Waals surface area (Å²) in [6, 6.07) is 22.5. The molecule has 0 aliphatic carbocycles. The number of carbonyl (C=O) groups excluding carboxylic acids is 1. The van der Waals surface area contributed by atoms with Crippen LogP contribution in [0.2, 0.25) is 5.02 Å². The van der Waals surface area contributed by atoms with Crippen molar-refractivity contribution in [3.8, 4) is 0 Å². The zero-order chi connectivity index (χ0) is 26.9. The molecule has 2 N–H and O–H groups in total. The van der Waals surface area contributed by atoms with Crippen molar-refractivity contribution >= 4 is 59.7 Å². The predicted molar refractivity (Wildman–Crippen MR) is 149 cm³/mol. The number of sulfonamides is 2. The highest BCUT2D eigenvalue weighted by Gasteiger charge is 2.28. The van der Waals surface area contributed by atoms with Crippen LogP contribution in [0.4, 0.5) is 11.4 Å². The van der Waals surface area contributed by atoms with Gasteiger partial charge in [0.15, 0.2) is 0 Å². The van der Waals surface area contributed by atoms with Crippen molar-refractivity contribution in [3.63, 3.8) is 0 Å². The lowest BCUT2D eigenvalue weighted by molar-refractivity contribution is 0.102. The van der Waals surface area contributed by atoms with E-state index in [0.717, 1.165) is 23.6 Å². The van der Waals surface area contributed by atoms with Gasteiger partial charge in [0.25, 0.3) is 15.9 Å². The van der Waals surface area contributed by atoms with Gasteiger partial charge < -0.3 is 5.32 Å². The van der Waals surface area contributed by atoms with Gasteiger partial charge in [0.1, 0.15) is 0 Å². The SMILES string of the molecule is O=C(Nc1ccc(S(=O)(=O)Nc2cccc3ccccc23)cc1)c1cc(S(=O)(=O)N2CCCC2)ccc1Cl. The smallest absolute Gasteiger partial charge is 0.261 e. The molecule has 1 aliphatic rings. The van der Waals surface area contributed by atoms with Crippen molar-refractivity contribution < 1.29 is 21.6 Å². The number of nitrogens with one attached hydrogen (secondary N) is 2. The van der Waals surface area contributed by atoms with Crippen molar-refractivity contribution in [2.75, 3.05) is 23.1 Å². The van der Waals surface area contributed by atoms with E-state index in [4.69, 9.17) is 11.6 Å². The zero-order valence-electron chi connectivity index (χ0n) is 20.1. The second-order valence-corrected chi connectivity index (χ2v) is 12.9. The Kier molecular flexibility index (Phi) is 7.15. The third-order valence-corrected chi connectivity index (χ3v) is 9.95. The number of fused-ring (bicyclic) bond motifs is 1. The molecule has 0 aromatic heterocycles. The van der Waals surface area contributed by atoms with Crippen LogP contribution in [-0.2, 0) is 20.0 Å². The second-order valence-electron chi connectivity index (χ2n) is 8.86. The van der Waals surface area contributed by atoms with Gasteiger partial charge in [-0.1, -0.05) is 48.0 Å². The highest BCUT2D eigenvalue weighted by molar-refractivity contribution is 7.92. The lowest BCUT2D eigenvalue weighted by Crippen LogP contribution is -2.28. The number of nitrogens with zero attached hydrogens (tertiary/aromatic N) is 1. The molecule has 1 aliphatic heterocycles. The van der Waals surface area contributed by atoms with Gasteiger partial charge in [-0.3, -0.25) is 9.52 Å². The summed E-state index contributed by atoms with van der Waals surface area (Å²) >= 11 is 6.21. The van der Waals surface area contributed by atoms with Crippen molar-refractivity contribution in [2.45, 2.75) is 22.6 Å². The van der Waals surface area contributed by atoms with E-state index >= 15 is 0 Å². The molecular weight excluding hydrogens is 546 g/mol. The molecule has 0 bridgehead atoms. The Morgan fingerprint density at radius 3 is 2.18 bits per heavy atom. The van der Waals surface area contributed by atoms with Gasteiger partial charge in [0.05, 0.1) is 26.1 Å². The molecular formula is C27H24ClN3O5S2. The molecule has 0 saturated carbocycles. The van der Waals surface area contributed by atoms with Gasteiger partial charge in [-0.25, -0.2) is 16.8 Å². The first-order chi connectivity index (χ1) is 18.1. The molecule has 1 fully saturated rings. The normalized spacial score (nSPS) is 14.4. The maximum Gasteiger partial charge on any atom is 0.261 e. The van der Waals surface area contributed by atoms with E-state index in [0.29, 0.717) is 24.5 Å². The molecule has 11 heteroatoms. The molecule has 196 valence electrons. The van der Waals surface area contributed by atoms with E-state index in [9.17, 15) is 21.6 Å². The Morgan fingerprint density at radius 1 is 0.789 bits per heavy atom. The van der Waals surface area contributed by atoms with Crippen LogP contribution in [0.5, 0.6) is 0 Å². The van der Waals surface area contributed by atoms with Gasteiger partial charge in [-0.05, 0) is 66.8 Å². The Hall–Kier alpha value is -3.44. The second kappa shape index (κ2) is 10.4. The van der Waals surface area contributed by atoms with E-state index in [1.807, 2.05) is 30.3 Å². The molecule has 8 nitrogen and oxygen atoms in total. The van der Waals surface area contributed by atoms with Crippen LogP contribution in [0.3, 0.4) is 0 Å². The molecule has 38 heavy (non-hydrogen) atoms. The minimum atomic E-state index is -3.89. The van der Waals surface area contributed by atoms with Crippen LogP contribution in [0, 0.1) is 0 Å². The summed E-state index contributed by atoms with van der Waals surface area (Å²) in [6.45, 7) is 0.883. The van der Waals surface area contributed by atoms with Gasteiger partial charge in [-0.15, -0.1) is 0 Å². The number of hydrogen-bond donors (Lipinski definition) is 2. The van der Waals surface area contributed by atoms with Crippen molar-refractivity contribution in [1.29, 1.82) is 0 Å². The first-order valence-electron chi connectivity index (χ1n) is 11.9. The van der Waals surface area contributed by atoms with Crippen molar-refractivity contribution in [1.82, 2.24) is 4.31 Å². The summed E-state index contributed by atoms with van der Waals surface area (Å²) in [7, 11) is -7.62. The summed E-state index contributed by atoms with van der Waals surface area (Å²) in [4.78, 5) is 13.0. The Labute approximate surface area is 226 Å². The molecule has 0 radical (unpaired) electrons. The molecule has 5 rings (SSSR count). The Bertz CT molecular complexity index is 1730. The first kappa shape index (κ1) is 26.2. The number of hydrogen-bond acceptors (Lipinski definition) is 5. The largest absolute Gasteiger partial charge is 0.322 e. The van der Waals surface area contributed by atoms with E-state index in [2.05, 4.69) is 10.0 Å². The van der Waals surface area contributed by atoms with E-state index in [-0.39, 0.29) is 20.4 Å². The lowest BCUT2D eigenvalue weighted by Gasteiger charge is -2.16.